The molecule has 0 rings (SSSR count). The Labute approximate surface area is 75.0 Å². The summed E-state index contributed by atoms with van der Waals surface area (Å²) >= 11 is 0. The van der Waals surface area contributed by atoms with E-state index in [-0.39, 0.29) is 11.3 Å². The summed E-state index contributed by atoms with van der Waals surface area (Å²) in [7, 11) is 0. The first-order valence-electron chi connectivity index (χ1n) is 4.50. The maximum atomic E-state index is 10.6. The van der Waals surface area contributed by atoms with Crippen molar-refractivity contribution in [2.45, 2.75) is 41.0 Å². The number of hydrogen-bond donors (Lipinski definition) is 1. The van der Waals surface area contributed by atoms with Gasteiger partial charge in [0, 0.05) is 0 Å². The first-order chi connectivity index (χ1) is 5.27. The SMILES string of the molecule is CC(CC(C)(C)C(C)C)C(=O)O. The third-order valence-electron chi connectivity index (χ3n) is 2.82. The average Bonchev–Trinajstić information content (AvgIpc) is 1.85. The van der Waals surface area contributed by atoms with Crippen LogP contribution in [0, 0.1) is 17.3 Å². The summed E-state index contributed by atoms with van der Waals surface area (Å²) in [5.74, 6) is -0.398. The van der Waals surface area contributed by atoms with E-state index in [2.05, 4.69) is 27.7 Å². The standard InChI is InChI=1S/C10H20O2/c1-7(2)10(4,5)6-8(3)9(11)12/h7-8H,6H2,1-5H3,(H,11,12). The minimum Gasteiger partial charge on any atom is -0.481 e. The van der Waals surface area contributed by atoms with Gasteiger partial charge in [0.15, 0.2) is 0 Å². The largest absolute Gasteiger partial charge is 0.481 e. The van der Waals surface area contributed by atoms with Gasteiger partial charge in [-0.15, -0.1) is 0 Å². The molecular formula is C10H20O2. The molecule has 0 amide bonds. The lowest BCUT2D eigenvalue weighted by Gasteiger charge is -2.30. The molecule has 0 saturated heterocycles. The highest BCUT2D eigenvalue weighted by atomic mass is 16.4. The van der Waals surface area contributed by atoms with E-state index in [0.717, 1.165) is 6.42 Å². The lowest BCUT2D eigenvalue weighted by atomic mass is 9.75. The molecule has 0 aliphatic heterocycles. The van der Waals surface area contributed by atoms with Crippen molar-refractivity contribution in [2.75, 3.05) is 0 Å². The van der Waals surface area contributed by atoms with E-state index < -0.39 is 5.97 Å². The van der Waals surface area contributed by atoms with Crippen molar-refractivity contribution in [1.82, 2.24) is 0 Å². The normalized spacial score (nSPS) is 14.8. The van der Waals surface area contributed by atoms with Crippen LogP contribution in [0.3, 0.4) is 0 Å². The summed E-state index contributed by atoms with van der Waals surface area (Å²) in [5.41, 5.74) is 0.123. The highest BCUT2D eigenvalue weighted by molar-refractivity contribution is 5.69. The van der Waals surface area contributed by atoms with Gasteiger partial charge in [-0.05, 0) is 17.8 Å². The predicted molar refractivity (Wildman–Crippen MR) is 50.0 cm³/mol. The van der Waals surface area contributed by atoms with E-state index >= 15 is 0 Å². The molecule has 2 nitrogen and oxygen atoms in total. The summed E-state index contributed by atoms with van der Waals surface area (Å²) in [5, 5.41) is 8.73. The van der Waals surface area contributed by atoms with Crippen LogP contribution in [0.25, 0.3) is 0 Å². The summed E-state index contributed by atoms with van der Waals surface area (Å²) < 4.78 is 0. The molecule has 0 saturated carbocycles. The van der Waals surface area contributed by atoms with Crippen molar-refractivity contribution in [3.8, 4) is 0 Å². The van der Waals surface area contributed by atoms with E-state index in [1.807, 2.05) is 0 Å². The van der Waals surface area contributed by atoms with Gasteiger partial charge >= 0.3 is 5.97 Å². The van der Waals surface area contributed by atoms with Crippen LogP contribution in [0.2, 0.25) is 0 Å². The van der Waals surface area contributed by atoms with Crippen molar-refractivity contribution in [3.05, 3.63) is 0 Å². The second kappa shape index (κ2) is 3.92. The summed E-state index contributed by atoms with van der Waals surface area (Å²) in [6.07, 6.45) is 0.750. The summed E-state index contributed by atoms with van der Waals surface area (Å²) in [6, 6.07) is 0. The van der Waals surface area contributed by atoms with Gasteiger partial charge in [0.05, 0.1) is 5.92 Å². The Kier molecular flexibility index (Phi) is 3.75. The third kappa shape index (κ3) is 3.24. The molecule has 0 fully saturated rings. The van der Waals surface area contributed by atoms with Crippen molar-refractivity contribution < 1.29 is 9.90 Å². The first kappa shape index (κ1) is 11.5. The van der Waals surface area contributed by atoms with Gasteiger partial charge < -0.3 is 5.11 Å². The molecule has 0 aromatic carbocycles. The van der Waals surface area contributed by atoms with Crippen molar-refractivity contribution >= 4 is 5.97 Å². The van der Waals surface area contributed by atoms with Crippen molar-refractivity contribution in [2.24, 2.45) is 17.3 Å². The highest BCUT2D eigenvalue weighted by Gasteiger charge is 2.27. The molecule has 1 atom stereocenters. The number of rotatable bonds is 4. The van der Waals surface area contributed by atoms with Gasteiger partial charge in [0.25, 0.3) is 0 Å². The van der Waals surface area contributed by atoms with E-state index in [9.17, 15) is 4.79 Å². The molecule has 1 unspecified atom stereocenters. The second-order valence-electron chi connectivity index (χ2n) is 4.59. The van der Waals surface area contributed by atoms with Crippen LogP contribution in [-0.4, -0.2) is 11.1 Å². The fourth-order valence-electron chi connectivity index (χ4n) is 1.11. The van der Waals surface area contributed by atoms with Gasteiger partial charge in [0.2, 0.25) is 0 Å². The molecule has 72 valence electrons. The lowest BCUT2D eigenvalue weighted by molar-refractivity contribution is -0.142. The maximum absolute atomic E-state index is 10.6. The van der Waals surface area contributed by atoms with Gasteiger partial charge in [-0.25, -0.2) is 0 Å². The Morgan fingerprint density at radius 1 is 1.33 bits per heavy atom. The summed E-state index contributed by atoms with van der Waals surface area (Å²) in [4.78, 5) is 10.6. The topological polar surface area (TPSA) is 37.3 Å². The number of aliphatic carboxylic acids is 1. The molecule has 12 heavy (non-hydrogen) atoms. The quantitative estimate of drug-likeness (QED) is 0.708. The molecule has 2 heteroatoms. The average molecular weight is 172 g/mol. The smallest absolute Gasteiger partial charge is 0.306 e. The molecule has 0 bridgehead atoms. The zero-order chi connectivity index (χ0) is 9.94. The predicted octanol–water partition coefficient (Wildman–Crippen LogP) is 2.78. The van der Waals surface area contributed by atoms with Gasteiger partial charge in [0.1, 0.15) is 0 Å². The van der Waals surface area contributed by atoms with Crippen molar-refractivity contribution in [3.63, 3.8) is 0 Å². The Balaban J connectivity index is 4.15. The monoisotopic (exact) mass is 172 g/mol. The van der Waals surface area contributed by atoms with Crippen LogP contribution in [0.5, 0.6) is 0 Å². The Hall–Kier alpha value is -0.530. The third-order valence-corrected chi connectivity index (χ3v) is 2.82. The molecule has 0 radical (unpaired) electrons. The number of hydrogen-bond acceptors (Lipinski definition) is 1. The Morgan fingerprint density at radius 2 is 1.75 bits per heavy atom. The van der Waals surface area contributed by atoms with Gasteiger partial charge in [-0.2, -0.15) is 0 Å². The fourth-order valence-corrected chi connectivity index (χ4v) is 1.11. The van der Waals surface area contributed by atoms with Crippen LogP contribution >= 0.6 is 0 Å². The van der Waals surface area contributed by atoms with Gasteiger partial charge in [-0.1, -0.05) is 34.6 Å². The molecule has 0 aromatic heterocycles. The van der Waals surface area contributed by atoms with E-state index in [1.54, 1.807) is 6.92 Å². The minimum absolute atomic E-state index is 0.123. The molecule has 0 aromatic rings. The van der Waals surface area contributed by atoms with Crippen LogP contribution in [0.1, 0.15) is 41.0 Å². The number of carboxylic acids is 1. The lowest BCUT2D eigenvalue weighted by Crippen LogP contribution is -2.25. The Bertz CT molecular complexity index is 159. The van der Waals surface area contributed by atoms with Crippen molar-refractivity contribution in [1.29, 1.82) is 0 Å². The molecule has 0 spiro atoms. The maximum Gasteiger partial charge on any atom is 0.306 e. The fraction of sp³-hybridized carbons (Fsp3) is 0.900. The molecular weight excluding hydrogens is 152 g/mol. The minimum atomic E-state index is -0.691. The van der Waals surface area contributed by atoms with E-state index in [1.165, 1.54) is 0 Å². The first-order valence-corrected chi connectivity index (χ1v) is 4.50. The number of carbonyl (C=O) groups is 1. The zero-order valence-corrected chi connectivity index (χ0v) is 8.72. The number of carboxylic acid groups (broad SMARTS) is 1. The molecule has 0 heterocycles. The zero-order valence-electron chi connectivity index (χ0n) is 8.72. The molecule has 1 N–H and O–H groups in total. The Morgan fingerprint density at radius 3 is 2.00 bits per heavy atom. The second-order valence-corrected chi connectivity index (χ2v) is 4.59. The highest BCUT2D eigenvalue weighted by Crippen LogP contribution is 2.33. The van der Waals surface area contributed by atoms with Crippen LogP contribution < -0.4 is 0 Å². The van der Waals surface area contributed by atoms with E-state index in [0.29, 0.717) is 5.92 Å². The summed E-state index contributed by atoms with van der Waals surface area (Å²) in [6.45, 7) is 10.3. The molecule has 0 aliphatic carbocycles. The van der Waals surface area contributed by atoms with E-state index in [4.69, 9.17) is 5.11 Å². The van der Waals surface area contributed by atoms with Gasteiger partial charge in [-0.3, -0.25) is 4.79 Å². The van der Waals surface area contributed by atoms with Crippen LogP contribution in [-0.2, 0) is 4.79 Å². The molecule has 0 aliphatic rings. The van der Waals surface area contributed by atoms with Crippen LogP contribution in [0.4, 0.5) is 0 Å². The van der Waals surface area contributed by atoms with Crippen LogP contribution in [0.15, 0.2) is 0 Å².